The zero-order valence-corrected chi connectivity index (χ0v) is 17.7. The number of hydrogen-bond acceptors (Lipinski definition) is 9. The molecule has 2 aromatic rings. The number of nitrogens with one attached hydrogen (secondary N) is 1. The zero-order chi connectivity index (χ0) is 23.7. The molecule has 1 aromatic heterocycles. The maximum atomic E-state index is 12.2. The van der Waals surface area contributed by atoms with Crippen LogP contribution >= 0.6 is 11.6 Å². The third-order valence-corrected chi connectivity index (χ3v) is 4.41. The maximum Gasteiger partial charge on any atom is 0.336 e. The van der Waals surface area contributed by atoms with Crippen molar-refractivity contribution in [3.8, 4) is 5.75 Å². The summed E-state index contributed by atoms with van der Waals surface area (Å²) in [6.07, 6.45) is 0.738. The molecule has 1 amide bonds. The number of carbonyl (C=O) groups excluding carboxylic acids is 1. The molecule has 13 heteroatoms. The average Bonchev–Trinajstić information content (AvgIpc) is 2.74. The number of aliphatic hydroxyl groups excluding tert-OH is 1. The number of halogens is 1. The van der Waals surface area contributed by atoms with Crippen molar-refractivity contribution in [1.29, 1.82) is 0 Å². The lowest BCUT2D eigenvalue weighted by Gasteiger charge is -2.09. The van der Waals surface area contributed by atoms with Crippen molar-refractivity contribution in [3.05, 3.63) is 40.7 Å². The number of hydrogen-bond donors (Lipinski definition) is 6. The number of carboxylic acids is 1. The van der Waals surface area contributed by atoms with Gasteiger partial charge in [-0.25, -0.2) is 14.8 Å². The third-order valence-electron chi connectivity index (χ3n) is 4.13. The van der Waals surface area contributed by atoms with Crippen LogP contribution < -0.4 is 27.3 Å². The second-order valence-electron chi connectivity index (χ2n) is 6.62. The second-order valence-corrected chi connectivity index (χ2v) is 6.98. The fourth-order valence-corrected chi connectivity index (χ4v) is 2.59. The van der Waals surface area contributed by atoms with Crippen LogP contribution in [0.1, 0.15) is 28.9 Å². The highest BCUT2D eigenvalue weighted by molar-refractivity contribution is 6.31. The highest BCUT2D eigenvalue weighted by atomic mass is 35.5. The maximum absolute atomic E-state index is 12.2. The number of aryl methyl sites for hydroxylation is 1. The highest BCUT2D eigenvalue weighted by Gasteiger charge is 2.16. The van der Waals surface area contributed by atoms with Gasteiger partial charge in [0.25, 0.3) is 5.91 Å². The smallest absolute Gasteiger partial charge is 0.336 e. The highest BCUT2D eigenvalue weighted by Crippen LogP contribution is 2.17. The van der Waals surface area contributed by atoms with Gasteiger partial charge in [-0.2, -0.15) is 0 Å². The number of carboxylic acid groups (broad SMARTS) is 1. The number of carbonyl (C=O) groups is 2. The molecule has 0 aliphatic rings. The molecular formula is C19H24ClN7O5. The van der Waals surface area contributed by atoms with Crippen molar-refractivity contribution in [2.24, 2.45) is 10.7 Å². The van der Waals surface area contributed by atoms with E-state index in [2.05, 4.69) is 20.3 Å². The first-order chi connectivity index (χ1) is 15.2. The van der Waals surface area contributed by atoms with E-state index >= 15 is 0 Å². The molecule has 9 N–H and O–H groups in total. The van der Waals surface area contributed by atoms with Crippen LogP contribution in [0.5, 0.6) is 5.75 Å². The number of unbranched alkanes of at least 4 members (excludes halogenated alkanes) is 1. The van der Waals surface area contributed by atoms with Crippen LogP contribution in [0.15, 0.2) is 29.3 Å². The summed E-state index contributed by atoms with van der Waals surface area (Å²) in [5, 5.41) is 20.0. The fraction of sp³-hybridized carbons (Fsp3) is 0.316. The largest absolute Gasteiger partial charge is 0.490 e. The van der Waals surface area contributed by atoms with Gasteiger partial charge in [0.1, 0.15) is 12.4 Å². The molecule has 0 aliphatic heterocycles. The molecule has 0 saturated heterocycles. The van der Waals surface area contributed by atoms with Crippen LogP contribution in [0.2, 0.25) is 5.15 Å². The van der Waals surface area contributed by atoms with Gasteiger partial charge in [0.15, 0.2) is 34.5 Å². The minimum Gasteiger partial charge on any atom is -0.490 e. The monoisotopic (exact) mass is 465 g/mol. The minimum atomic E-state index is -1.57. The Morgan fingerprint density at radius 2 is 1.84 bits per heavy atom. The second kappa shape index (κ2) is 11.7. The number of ether oxygens (including phenoxy) is 1. The molecular weight excluding hydrogens is 442 g/mol. The molecule has 1 heterocycles. The number of nitrogen functional groups attached to an aromatic ring is 2. The summed E-state index contributed by atoms with van der Waals surface area (Å²) in [7, 11) is 0. The van der Waals surface area contributed by atoms with Crippen LogP contribution in [0.4, 0.5) is 11.6 Å². The number of nitrogens with two attached hydrogens (primary N) is 3. The van der Waals surface area contributed by atoms with Crippen LogP contribution in [-0.4, -0.2) is 57.3 Å². The van der Waals surface area contributed by atoms with Gasteiger partial charge in [-0.1, -0.05) is 23.7 Å². The Morgan fingerprint density at radius 1 is 1.16 bits per heavy atom. The molecule has 0 spiro atoms. The summed E-state index contributed by atoms with van der Waals surface area (Å²) < 4.78 is 5.21. The number of aliphatic hydroxyl groups is 1. The summed E-state index contributed by atoms with van der Waals surface area (Å²) >= 11 is 5.75. The standard InChI is InChI=1S/C19H24ClN7O5/c20-14-16(22)26-15(21)13(25-14)17(29)27-19(23)24-8-2-1-3-10-4-6-11(7-5-10)32-9-12(28)18(30)31/h4-7,12,28H,1-3,8-9H2,(H,30,31)(H4,21,22,26)(H3,23,24,27,29)/t12-/m0/s1. The predicted octanol–water partition coefficient (Wildman–Crippen LogP) is 0.186. The van der Waals surface area contributed by atoms with Gasteiger partial charge in [0.2, 0.25) is 0 Å². The van der Waals surface area contributed by atoms with E-state index in [1.54, 1.807) is 12.1 Å². The number of rotatable bonds is 10. The first-order valence-corrected chi connectivity index (χ1v) is 9.87. The van der Waals surface area contributed by atoms with E-state index in [1.165, 1.54) is 0 Å². The van der Waals surface area contributed by atoms with Gasteiger partial charge in [0, 0.05) is 6.54 Å². The molecule has 0 radical (unpaired) electrons. The third kappa shape index (κ3) is 7.56. The van der Waals surface area contributed by atoms with E-state index in [1.807, 2.05) is 12.1 Å². The number of anilines is 2. The Bertz CT molecular complexity index is 985. The Kier molecular flexibility index (Phi) is 8.98. The first kappa shape index (κ1) is 24.6. The van der Waals surface area contributed by atoms with Crippen molar-refractivity contribution in [1.82, 2.24) is 15.3 Å². The minimum absolute atomic E-state index is 0.0819. The van der Waals surface area contributed by atoms with Gasteiger partial charge >= 0.3 is 5.97 Å². The van der Waals surface area contributed by atoms with Gasteiger partial charge in [-0.05, 0) is 37.0 Å². The van der Waals surface area contributed by atoms with Crippen LogP contribution in [-0.2, 0) is 11.2 Å². The van der Waals surface area contributed by atoms with E-state index in [4.69, 9.17) is 38.6 Å². The Labute approximate surface area is 188 Å². The summed E-state index contributed by atoms with van der Waals surface area (Å²) in [6.45, 7) is 0.0687. The van der Waals surface area contributed by atoms with Crippen molar-refractivity contribution in [2.75, 3.05) is 24.6 Å². The number of benzene rings is 1. The first-order valence-electron chi connectivity index (χ1n) is 9.49. The van der Waals surface area contributed by atoms with Crippen molar-refractivity contribution in [2.45, 2.75) is 25.4 Å². The lowest BCUT2D eigenvalue weighted by atomic mass is 10.1. The SMILES string of the molecule is NC(=NCCCCc1ccc(OC[C@H](O)C(=O)O)cc1)NC(=O)c1nc(Cl)c(N)nc1N. The van der Waals surface area contributed by atoms with E-state index in [0.29, 0.717) is 12.3 Å². The molecule has 0 aliphatic carbocycles. The van der Waals surface area contributed by atoms with Gasteiger partial charge < -0.3 is 32.2 Å². The number of aromatic nitrogens is 2. The number of guanidine groups is 1. The van der Waals surface area contributed by atoms with Gasteiger partial charge in [0.05, 0.1) is 0 Å². The number of amides is 1. The average molecular weight is 466 g/mol. The van der Waals surface area contributed by atoms with Crippen LogP contribution in [0.25, 0.3) is 0 Å². The quantitative estimate of drug-likeness (QED) is 0.159. The zero-order valence-electron chi connectivity index (χ0n) is 17.0. The molecule has 32 heavy (non-hydrogen) atoms. The van der Waals surface area contributed by atoms with E-state index in [0.717, 1.165) is 24.8 Å². The topological polar surface area (TPSA) is 212 Å². The molecule has 12 nitrogen and oxygen atoms in total. The van der Waals surface area contributed by atoms with Gasteiger partial charge in [-0.15, -0.1) is 0 Å². The van der Waals surface area contributed by atoms with E-state index in [-0.39, 0.29) is 35.0 Å². The Hall–Kier alpha value is -3.64. The summed E-state index contributed by atoms with van der Waals surface area (Å²) in [5.41, 5.74) is 17.6. The number of aliphatic imine (C=N–C) groups is 1. The summed E-state index contributed by atoms with van der Waals surface area (Å²) in [4.78, 5) is 34.3. The Morgan fingerprint density at radius 3 is 2.50 bits per heavy atom. The molecule has 2 rings (SSSR count). The van der Waals surface area contributed by atoms with Crippen molar-refractivity contribution < 1.29 is 24.5 Å². The van der Waals surface area contributed by atoms with E-state index in [9.17, 15) is 14.7 Å². The Balaban J connectivity index is 1.73. The summed E-state index contributed by atoms with van der Waals surface area (Å²) in [5.74, 6) is -1.91. The normalized spacial score (nSPS) is 12.2. The fourth-order valence-electron chi connectivity index (χ4n) is 2.46. The predicted molar refractivity (Wildman–Crippen MR) is 118 cm³/mol. The molecule has 1 atom stereocenters. The van der Waals surface area contributed by atoms with Crippen LogP contribution in [0, 0.1) is 0 Å². The van der Waals surface area contributed by atoms with Crippen molar-refractivity contribution >= 4 is 41.1 Å². The van der Waals surface area contributed by atoms with Crippen molar-refractivity contribution in [3.63, 3.8) is 0 Å². The van der Waals surface area contributed by atoms with E-state index < -0.39 is 18.0 Å². The number of nitrogens with zero attached hydrogens (tertiary/aromatic N) is 3. The molecule has 172 valence electrons. The molecule has 0 saturated carbocycles. The molecule has 0 bridgehead atoms. The molecule has 0 fully saturated rings. The van der Waals surface area contributed by atoms with Gasteiger partial charge in [-0.3, -0.25) is 15.1 Å². The van der Waals surface area contributed by atoms with Crippen LogP contribution in [0.3, 0.4) is 0 Å². The molecule has 0 unspecified atom stereocenters. The summed E-state index contributed by atoms with van der Waals surface area (Å²) in [6, 6.07) is 7.11. The lowest BCUT2D eigenvalue weighted by molar-refractivity contribution is -0.148. The lowest BCUT2D eigenvalue weighted by Crippen LogP contribution is -2.38. The molecule has 1 aromatic carbocycles. The number of aliphatic carboxylic acids is 1.